The van der Waals surface area contributed by atoms with Crippen LogP contribution in [0.3, 0.4) is 0 Å². The van der Waals surface area contributed by atoms with Gasteiger partial charge in [-0.1, -0.05) is 48.6 Å². The first-order chi connectivity index (χ1) is 25.7. The molecular weight excluding hydrogens is 708 g/mol. The zero-order valence-electron chi connectivity index (χ0n) is 31.6. The number of esters is 3. The highest BCUT2D eigenvalue weighted by Crippen LogP contribution is 2.43. The van der Waals surface area contributed by atoms with Crippen LogP contribution in [0.15, 0.2) is 54.6 Å². The topological polar surface area (TPSA) is 162 Å². The van der Waals surface area contributed by atoms with Crippen LogP contribution >= 0.6 is 0 Å². The Bertz CT molecular complexity index is 1660. The predicted molar refractivity (Wildman–Crippen MR) is 187 cm³/mol. The van der Waals surface area contributed by atoms with E-state index in [1.807, 2.05) is 18.2 Å². The third-order valence-electron chi connectivity index (χ3n) is 9.21. The Labute approximate surface area is 314 Å². The van der Waals surface area contributed by atoms with Gasteiger partial charge in [-0.2, -0.15) is 0 Å². The van der Waals surface area contributed by atoms with E-state index in [0.717, 1.165) is 16.3 Å². The lowest BCUT2D eigenvalue weighted by atomic mass is 9.97. The number of hydrogen-bond donors (Lipinski definition) is 0. The van der Waals surface area contributed by atoms with Crippen molar-refractivity contribution >= 4 is 28.7 Å². The Kier molecular flexibility index (Phi) is 12.7. The van der Waals surface area contributed by atoms with E-state index in [-0.39, 0.29) is 19.8 Å². The fraction of sp³-hybridized carbons (Fsp3) is 0.615. The molecule has 4 saturated heterocycles. The number of fused-ring (bicyclic) bond motifs is 2. The van der Waals surface area contributed by atoms with Crippen LogP contribution in [0, 0.1) is 0 Å². The quantitative estimate of drug-likeness (QED) is 0.118. The molecule has 2 aromatic carbocycles. The zero-order valence-corrected chi connectivity index (χ0v) is 31.6. The maximum Gasteiger partial charge on any atom is 0.303 e. The number of carbonyl (C=O) groups excluding carboxylic acids is 3. The summed E-state index contributed by atoms with van der Waals surface area (Å²) in [6.45, 7) is 11.4. The molecule has 15 heteroatoms. The van der Waals surface area contributed by atoms with Gasteiger partial charge in [-0.3, -0.25) is 14.4 Å². The lowest BCUT2D eigenvalue weighted by Crippen LogP contribution is -2.64. The van der Waals surface area contributed by atoms with E-state index in [1.54, 1.807) is 39.8 Å². The van der Waals surface area contributed by atoms with Crippen LogP contribution in [0.5, 0.6) is 0 Å². The molecule has 6 rings (SSSR count). The number of benzene rings is 2. The summed E-state index contributed by atoms with van der Waals surface area (Å²) in [6.07, 6.45) is -6.28. The number of hydrogen-bond acceptors (Lipinski definition) is 15. The summed E-state index contributed by atoms with van der Waals surface area (Å²) < 4.78 is 72.5. The molecule has 0 unspecified atom stereocenters. The van der Waals surface area contributed by atoms with E-state index in [4.69, 9.17) is 56.8 Å². The van der Waals surface area contributed by atoms with E-state index in [1.165, 1.54) is 20.8 Å². The molecule has 0 spiro atoms. The Morgan fingerprint density at radius 3 is 2.19 bits per heavy atom. The molecule has 0 saturated carbocycles. The molecule has 0 aromatic heterocycles. The maximum absolute atomic E-state index is 12.6. The number of carbonyl (C=O) groups is 3. The molecule has 4 heterocycles. The van der Waals surface area contributed by atoms with Crippen molar-refractivity contribution in [3.63, 3.8) is 0 Å². The zero-order chi connectivity index (χ0) is 38.6. The second kappa shape index (κ2) is 17.1. The average Bonchev–Trinajstić information content (AvgIpc) is 3.73. The third kappa shape index (κ3) is 10.0. The van der Waals surface area contributed by atoms with Crippen molar-refractivity contribution in [1.82, 2.24) is 0 Å². The fourth-order valence-electron chi connectivity index (χ4n) is 7.03. The van der Waals surface area contributed by atoms with Crippen molar-refractivity contribution < 1.29 is 71.2 Å². The maximum atomic E-state index is 12.6. The molecule has 54 heavy (non-hydrogen) atoms. The van der Waals surface area contributed by atoms with Crippen molar-refractivity contribution in [1.29, 1.82) is 0 Å². The minimum atomic E-state index is -1.35. The predicted octanol–water partition coefficient (Wildman–Crippen LogP) is 3.86. The van der Waals surface area contributed by atoms with E-state index < -0.39 is 90.9 Å². The molecule has 0 N–H and O–H groups in total. The molecule has 0 bridgehead atoms. The standard InChI is InChI=1S/C39H50O15/c1-22(40)45-20-28-30(47-23(2)41)32(44-17-11-10-16-43-19-25-14-15-26-12-8-9-13-27(26)18-25)34(48-24(3)42)36(49-28)51-33-31(29-21-46-38(4,5)52-29)50-37-35(33)53-39(6,7)54-37/h8-15,18,28-37H,16-17,19-21H2,1-7H3/b11-10-/t28-,29-,30-,31-,32+,33+,34-,35-,36+,37-/m1/s1. The summed E-state index contributed by atoms with van der Waals surface area (Å²) in [5.74, 6) is -3.78. The molecule has 4 aliphatic rings. The summed E-state index contributed by atoms with van der Waals surface area (Å²) in [7, 11) is 0. The molecule has 0 radical (unpaired) electrons. The number of ether oxygens (including phenoxy) is 12. The SMILES string of the molecule is CC(=O)OC[C@H]1O[C@@H](O[C@@H]2[C@H]3OC(C)(C)O[C@H]3O[C@@H]2[C@H]2COC(C)(C)O2)[C@H](OC(C)=O)[C@@H](OC/C=C\COCc2ccc3ccccc3c2)[C@@H]1OC(C)=O. The van der Waals surface area contributed by atoms with E-state index in [2.05, 4.69) is 24.3 Å². The van der Waals surface area contributed by atoms with Crippen LogP contribution in [0.2, 0.25) is 0 Å². The largest absolute Gasteiger partial charge is 0.463 e. The molecule has 0 amide bonds. The normalized spacial score (nSPS) is 32.8. The van der Waals surface area contributed by atoms with Crippen molar-refractivity contribution in [3.05, 3.63) is 60.2 Å². The molecule has 4 aliphatic heterocycles. The second-order valence-corrected chi connectivity index (χ2v) is 14.5. The first kappa shape index (κ1) is 40.2. The van der Waals surface area contributed by atoms with Gasteiger partial charge in [0, 0.05) is 20.8 Å². The summed E-state index contributed by atoms with van der Waals surface area (Å²) >= 11 is 0. The van der Waals surface area contributed by atoms with Gasteiger partial charge in [0.25, 0.3) is 0 Å². The van der Waals surface area contributed by atoms with Crippen molar-refractivity contribution in [3.8, 4) is 0 Å². The summed E-state index contributed by atoms with van der Waals surface area (Å²) in [5, 5.41) is 2.28. The van der Waals surface area contributed by atoms with Crippen molar-refractivity contribution in [2.24, 2.45) is 0 Å². The van der Waals surface area contributed by atoms with Crippen LogP contribution in [0.1, 0.15) is 54.0 Å². The number of rotatable bonds is 14. The van der Waals surface area contributed by atoms with Gasteiger partial charge in [-0.25, -0.2) is 0 Å². The lowest BCUT2D eigenvalue weighted by Gasteiger charge is -2.45. The molecule has 0 aliphatic carbocycles. The Balaban J connectivity index is 1.20. The van der Waals surface area contributed by atoms with Gasteiger partial charge in [0.15, 0.2) is 36.4 Å². The van der Waals surface area contributed by atoms with Gasteiger partial charge in [0.1, 0.15) is 43.2 Å². The van der Waals surface area contributed by atoms with Gasteiger partial charge in [0.05, 0.1) is 26.4 Å². The summed E-state index contributed by atoms with van der Waals surface area (Å²) in [5.41, 5.74) is 1.04. The van der Waals surface area contributed by atoms with E-state index >= 15 is 0 Å². The highest BCUT2D eigenvalue weighted by Gasteiger charge is 2.61. The van der Waals surface area contributed by atoms with Crippen molar-refractivity contribution in [2.45, 2.75) is 128 Å². The Morgan fingerprint density at radius 1 is 0.759 bits per heavy atom. The molecule has 2 aromatic rings. The third-order valence-corrected chi connectivity index (χ3v) is 9.21. The highest BCUT2D eigenvalue weighted by molar-refractivity contribution is 5.82. The highest BCUT2D eigenvalue weighted by atomic mass is 16.9. The van der Waals surface area contributed by atoms with Gasteiger partial charge < -0.3 is 56.8 Å². The minimum Gasteiger partial charge on any atom is -0.463 e. The van der Waals surface area contributed by atoms with Crippen LogP contribution in [0.25, 0.3) is 10.8 Å². The molecular formula is C39H50O15. The summed E-state index contributed by atoms with van der Waals surface area (Å²) in [4.78, 5) is 37.0. The Morgan fingerprint density at radius 2 is 1.48 bits per heavy atom. The monoisotopic (exact) mass is 758 g/mol. The molecule has 4 fully saturated rings. The first-order valence-electron chi connectivity index (χ1n) is 18.1. The summed E-state index contributed by atoms with van der Waals surface area (Å²) in [6, 6.07) is 14.3. The van der Waals surface area contributed by atoms with Gasteiger partial charge in [-0.05, 0) is 50.1 Å². The molecule has 296 valence electrons. The van der Waals surface area contributed by atoms with Gasteiger partial charge >= 0.3 is 17.9 Å². The average molecular weight is 759 g/mol. The Hall–Kier alpha value is -3.51. The fourth-order valence-corrected chi connectivity index (χ4v) is 7.03. The van der Waals surface area contributed by atoms with Crippen LogP contribution < -0.4 is 0 Å². The van der Waals surface area contributed by atoms with Crippen LogP contribution in [-0.2, 0) is 77.8 Å². The van der Waals surface area contributed by atoms with E-state index in [9.17, 15) is 14.4 Å². The van der Waals surface area contributed by atoms with E-state index in [0.29, 0.717) is 13.2 Å². The smallest absolute Gasteiger partial charge is 0.303 e. The van der Waals surface area contributed by atoms with Gasteiger partial charge in [0.2, 0.25) is 0 Å². The second-order valence-electron chi connectivity index (χ2n) is 14.5. The lowest BCUT2D eigenvalue weighted by molar-refractivity contribution is -0.331. The minimum absolute atomic E-state index is 0.000123. The van der Waals surface area contributed by atoms with Crippen LogP contribution in [0.4, 0.5) is 0 Å². The molecule has 10 atom stereocenters. The van der Waals surface area contributed by atoms with Crippen molar-refractivity contribution in [2.75, 3.05) is 26.4 Å². The molecule has 15 nitrogen and oxygen atoms in total. The first-order valence-corrected chi connectivity index (χ1v) is 18.1. The van der Waals surface area contributed by atoms with Gasteiger partial charge in [-0.15, -0.1) is 0 Å². The van der Waals surface area contributed by atoms with Crippen LogP contribution in [-0.4, -0.2) is 117 Å².